The van der Waals surface area contributed by atoms with Crippen molar-refractivity contribution in [2.24, 2.45) is 10.3 Å². The third-order valence-electron chi connectivity index (χ3n) is 4.14. The predicted octanol–water partition coefficient (Wildman–Crippen LogP) is 2.11. The van der Waals surface area contributed by atoms with E-state index in [0.717, 1.165) is 10.6 Å². The number of thiazole rings is 1. The molecule has 1 aromatic carbocycles. The van der Waals surface area contributed by atoms with E-state index in [0.29, 0.717) is 22.2 Å². The molecule has 0 spiro atoms. The highest BCUT2D eigenvalue weighted by Gasteiger charge is 2.36. The third kappa shape index (κ3) is 3.25. The quantitative estimate of drug-likeness (QED) is 0.792. The van der Waals surface area contributed by atoms with Crippen LogP contribution in [0.4, 0.5) is 4.79 Å². The average Bonchev–Trinajstić information content (AvgIpc) is 3.30. The van der Waals surface area contributed by atoms with E-state index in [1.165, 1.54) is 29.6 Å². The van der Waals surface area contributed by atoms with Gasteiger partial charge >= 0.3 is 6.03 Å². The van der Waals surface area contributed by atoms with Gasteiger partial charge in [0.15, 0.2) is 15.7 Å². The number of nitrogens with one attached hydrogen (secondary N) is 1. The SMILES string of the molecule is COCN1N=NC2=C(c3nc(-c4ccc(S(C)(=O)=O)cc4)cs3)NCN2C1=O. The van der Waals surface area contributed by atoms with Crippen LogP contribution in [0.2, 0.25) is 0 Å². The molecule has 10 nitrogen and oxygen atoms in total. The molecule has 2 aliphatic rings. The summed E-state index contributed by atoms with van der Waals surface area (Å²) >= 11 is 1.39. The van der Waals surface area contributed by atoms with Gasteiger partial charge in [-0.2, -0.15) is 5.01 Å². The highest BCUT2D eigenvalue weighted by Crippen LogP contribution is 2.33. The second-order valence-corrected chi connectivity index (χ2v) is 8.96. The number of urea groups is 1. The molecule has 0 radical (unpaired) electrons. The van der Waals surface area contributed by atoms with Crippen LogP contribution in [0.1, 0.15) is 5.01 Å². The number of fused-ring (bicyclic) bond motifs is 1. The Morgan fingerprint density at radius 2 is 2.04 bits per heavy atom. The van der Waals surface area contributed by atoms with Crippen molar-refractivity contribution in [3.05, 3.63) is 40.5 Å². The van der Waals surface area contributed by atoms with Crippen LogP contribution < -0.4 is 5.32 Å². The van der Waals surface area contributed by atoms with Gasteiger partial charge in [-0.3, -0.25) is 4.90 Å². The zero-order valence-electron chi connectivity index (χ0n) is 15.0. The molecule has 0 bridgehead atoms. The Bertz CT molecular complexity index is 1090. The Morgan fingerprint density at radius 1 is 1.29 bits per heavy atom. The number of carbonyl (C=O) groups is 1. The molecule has 28 heavy (non-hydrogen) atoms. The maximum absolute atomic E-state index is 12.4. The van der Waals surface area contributed by atoms with Gasteiger partial charge in [0.2, 0.25) is 0 Å². The first kappa shape index (κ1) is 18.5. The number of nitrogens with zero attached hydrogens (tertiary/aromatic N) is 5. The minimum Gasteiger partial charge on any atom is -0.362 e. The monoisotopic (exact) mass is 420 g/mol. The summed E-state index contributed by atoms with van der Waals surface area (Å²) in [5.41, 5.74) is 2.12. The molecule has 1 N–H and O–H groups in total. The summed E-state index contributed by atoms with van der Waals surface area (Å²) in [5.74, 6) is 0.408. The van der Waals surface area contributed by atoms with Crippen molar-refractivity contribution in [1.29, 1.82) is 0 Å². The molecule has 2 aromatic rings. The van der Waals surface area contributed by atoms with Crippen molar-refractivity contribution in [3.63, 3.8) is 0 Å². The minimum absolute atomic E-state index is 0.0202. The van der Waals surface area contributed by atoms with E-state index in [-0.39, 0.29) is 24.3 Å². The Balaban J connectivity index is 1.63. The molecule has 1 aromatic heterocycles. The van der Waals surface area contributed by atoms with Gasteiger partial charge in [-0.25, -0.2) is 18.2 Å². The first-order valence-corrected chi connectivity index (χ1v) is 10.9. The molecule has 146 valence electrons. The first-order valence-electron chi connectivity index (χ1n) is 8.12. The number of hydrogen-bond acceptors (Lipinski definition) is 9. The Labute approximate surface area is 165 Å². The smallest absolute Gasteiger partial charge is 0.351 e. The number of aromatic nitrogens is 1. The maximum Gasteiger partial charge on any atom is 0.351 e. The van der Waals surface area contributed by atoms with Gasteiger partial charge in [0.25, 0.3) is 0 Å². The molecular formula is C16H16N6O4S2. The van der Waals surface area contributed by atoms with Crippen LogP contribution in [-0.2, 0) is 14.6 Å². The number of amides is 2. The number of benzene rings is 1. The van der Waals surface area contributed by atoms with Crippen molar-refractivity contribution < 1.29 is 17.9 Å². The van der Waals surface area contributed by atoms with Crippen LogP contribution in [0.5, 0.6) is 0 Å². The second-order valence-electron chi connectivity index (χ2n) is 6.09. The normalized spacial score (nSPS) is 16.6. The molecule has 0 atom stereocenters. The lowest BCUT2D eigenvalue weighted by Gasteiger charge is -2.25. The minimum atomic E-state index is -3.25. The Kier molecular flexibility index (Phi) is 4.61. The molecule has 0 fully saturated rings. The summed E-state index contributed by atoms with van der Waals surface area (Å²) in [7, 11) is -1.77. The third-order valence-corrected chi connectivity index (χ3v) is 6.13. The fourth-order valence-electron chi connectivity index (χ4n) is 2.75. The van der Waals surface area contributed by atoms with Crippen molar-refractivity contribution in [3.8, 4) is 11.3 Å². The van der Waals surface area contributed by atoms with Crippen LogP contribution in [0.15, 0.2) is 50.7 Å². The molecule has 2 aliphatic heterocycles. The highest BCUT2D eigenvalue weighted by atomic mass is 32.2. The molecule has 12 heteroatoms. The van der Waals surface area contributed by atoms with E-state index in [1.807, 2.05) is 5.38 Å². The number of carbonyl (C=O) groups excluding carboxylic acids is 1. The average molecular weight is 420 g/mol. The van der Waals surface area contributed by atoms with Gasteiger partial charge in [-0.1, -0.05) is 17.4 Å². The first-order chi connectivity index (χ1) is 13.4. The van der Waals surface area contributed by atoms with Crippen molar-refractivity contribution in [1.82, 2.24) is 20.2 Å². The molecule has 4 rings (SSSR count). The molecule has 0 saturated heterocycles. The molecule has 0 aliphatic carbocycles. The van der Waals surface area contributed by atoms with Gasteiger partial charge in [0.1, 0.15) is 17.4 Å². The van der Waals surface area contributed by atoms with Crippen LogP contribution in [0.25, 0.3) is 17.0 Å². The van der Waals surface area contributed by atoms with E-state index in [1.54, 1.807) is 24.3 Å². The van der Waals surface area contributed by atoms with E-state index in [2.05, 4.69) is 20.6 Å². The standard InChI is InChI=1S/C16H16N6O4S2/c1-26-9-22-16(23)21-8-17-13(14(21)19-20-22)15-18-12(7-27-15)10-3-5-11(6-4-10)28(2,24)25/h3-7,17H,8-9H2,1-2H3. The highest BCUT2D eigenvalue weighted by molar-refractivity contribution is 7.90. The summed E-state index contributed by atoms with van der Waals surface area (Å²) in [4.78, 5) is 18.7. The van der Waals surface area contributed by atoms with Crippen molar-refractivity contribution in [2.45, 2.75) is 4.90 Å². The summed E-state index contributed by atoms with van der Waals surface area (Å²) in [6, 6.07) is 6.21. The molecule has 2 amide bonds. The molecule has 0 unspecified atom stereocenters. The van der Waals surface area contributed by atoms with Gasteiger partial charge in [0.05, 0.1) is 17.3 Å². The van der Waals surface area contributed by atoms with Crippen molar-refractivity contribution in [2.75, 3.05) is 26.8 Å². The van der Waals surface area contributed by atoms with Crippen LogP contribution in [0.3, 0.4) is 0 Å². The number of sulfone groups is 1. The number of methoxy groups -OCH3 is 1. The number of hydrogen-bond donors (Lipinski definition) is 1. The lowest BCUT2D eigenvalue weighted by Crippen LogP contribution is -2.42. The van der Waals surface area contributed by atoms with Gasteiger partial charge in [-0.15, -0.1) is 16.5 Å². The van der Waals surface area contributed by atoms with E-state index < -0.39 is 9.84 Å². The summed E-state index contributed by atoms with van der Waals surface area (Å²) in [6.07, 6.45) is 1.17. The number of rotatable bonds is 5. The molecular weight excluding hydrogens is 404 g/mol. The lowest BCUT2D eigenvalue weighted by molar-refractivity contribution is 0.0599. The van der Waals surface area contributed by atoms with E-state index in [4.69, 9.17) is 4.74 Å². The van der Waals surface area contributed by atoms with E-state index >= 15 is 0 Å². The zero-order chi connectivity index (χ0) is 19.9. The predicted molar refractivity (Wildman–Crippen MR) is 101 cm³/mol. The maximum atomic E-state index is 12.4. The van der Waals surface area contributed by atoms with Crippen LogP contribution in [0, 0.1) is 0 Å². The van der Waals surface area contributed by atoms with Crippen LogP contribution in [-0.4, -0.2) is 56.1 Å². The number of ether oxygens (including phenoxy) is 1. The van der Waals surface area contributed by atoms with E-state index in [9.17, 15) is 13.2 Å². The Hall–Kier alpha value is -2.83. The van der Waals surface area contributed by atoms with Crippen molar-refractivity contribution >= 4 is 32.9 Å². The fraction of sp³-hybridized carbons (Fsp3) is 0.250. The summed E-state index contributed by atoms with van der Waals surface area (Å²) in [6.45, 7) is 0.285. The molecule has 0 saturated carbocycles. The second kappa shape index (κ2) is 6.96. The summed E-state index contributed by atoms with van der Waals surface area (Å²) < 4.78 is 28.1. The fourth-order valence-corrected chi connectivity index (χ4v) is 4.23. The Morgan fingerprint density at radius 3 is 2.71 bits per heavy atom. The van der Waals surface area contributed by atoms with Gasteiger partial charge in [-0.05, 0) is 12.1 Å². The largest absolute Gasteiger partial charge is 0.362 e. The lowest BCUT2D eigenvalue weighted by atomic mass is 10.2. The van der Waals surface area contributed by atoms with Gasteiger partial charge in [0, 0.05) is 24.3 Å². The van der Waals surface area contributed by atoms with Gasteiger partial charge < -0.3 is 10.1 Å². The van der Waals surface area contributed by atoms with Crippen LogP contribution >= 0.6 is 11.3 Å². The summed E-state index contributed by atoms with van der Waals surface area (Å²) in [5, 5.41) is 14.8. The topological polar surface area (TPSA) is 117 Å². The molecule has 3 heterocycles. The zero-order valence-corrected chi connectivity index (χ0v) is 16.6.